The van der Waals surface area contributed by atoms with Crippen molar-refractivity contribution in [2.75, 3.05) is 26.7 Å². The van der Waals surface area contributed by atoms with Gasteiger partial charge < -0.3 is 10.0 Å². The summed E-state index contributed by atoms with van der Waals surface area (Å²) in [7, 11) is 2.09. The van der Waals surface area contributed by atoms with Gasteiger partial charge in [0.25, 0.3) is 0 Å². The van der Waals surface area contributed by atoms with Crippen LogP contribution in [0.5, 0.6) is 0 Å². The molecule has 1 rings (SSSR count). The molecule has 1 radical (unpaired) electrons. The average Bonchev–Trinajstić information content (AvgIpc) is 2.14. The van der Waals surface area contributed by atoms with Crippen molar-refractivity contribution in [2.24, 2.45) is 5.92 Å². The van der Waals surface area contributed by atoms with Crippen molar-refractivity contribution < 1.29 is 37.8 Å². The molecule has 1 N–H and O–H groups in total. The maximum absolute atomic E-state index is 8.66. The monoisotopic (exact) mass is 204 g/mol. The van der Waals surface area contributed by atoms with Crippen LogP contribution < -0.4 is 0 Å². The number of rotatable bonds is 1. The SMILES string of the molecule is CN1CCC(CO)C1.[Y]. The van der Waals surface area contributed by atoms with Crippen molar-refractivity contribution in [3.05, 3.63) is 0 Å². The number of hydrogen-bond donors (Lipinski definition) is 1. The third-order valence-electron chi connectivity index (χ3n) is 1.75. The normalized spacial score (nSPS) is 28.0. The maximum Gasteiger partial charge on any atom is 0.0471 e. The largest absolute Gasteiger partial charge is 0.396 e. The fourth-order valence-corrected chi connectivity index (χ4v) is 1.18. The molecule has 51 valence electrons. The molecule has 0 saturated carbocycles. The Morgan fingerprint density at radius 3 is 2.56 bits per heavy atom. The molecule has 1 aliphatic rings. The fourth-order valence-electron chi connectivity index (χ4n) is 1.18. The van der Waals surface area contributed by atoms with Gasteiger partial charge in [-0.3, -0.25) is 0 Å². The van der Waals surface area contributed by atoms with E-state index < -0.39 is 0 Å². The minimum atomic E-state index is 0. The van der Waals surface area contributed by atoms with Gasteiger partial charge in [-0.1, -0.05) is 0 Å². The van der Waals surface area contributed by atoms with E-state index >= 15 is 0 Å². The van der Waals surface area contributed by atoms with Gasteiger partial charge in [-0.15, -0.1) is 0 Å². The van der Waals surface area contributed by atoms with Gasteiger partial charge in [-0.2, -0.15) is 0 Å². The van der Waals surface area contributed by atoms with Crippen molar-refractivity contribution in [3.63, 3.8) is 0 Å². The van der Waals surface area contributed by atoms with Crippen LogP contribution in [0.2, 0.25) is 0 Å². The quantitative estimate of drug-likeness (QED) is 0.646. The van der Waals surface area contributed by atoms with Gasteiger partial charge in [-0.25, -0.2) is 0 Å². The van der Waals surface area contributed by atoms with Crippen LogP contribution in [0.3, 0.4) is 0 Å². The third-order valence-corrected chi connectivity index (χ3v) is 1.75. The van der Waals surface area contributed by atoms with E-state index in [0.29, 0.717) is 12.5 Å². The van der Waals surface area contributed by atoms with Crippen LogP contribution in [0.25, 0.3) is 0 Å². The number of aliphatic hydroxyl groups is 1. The molecule has 1 heterocycles. The summed E-state index contributed by atoms with van der Waals surface area (Å²) < 4.78 is 0. The number of nitrogens with zero attached hydrogens (tertiary/aromatic N) is 1. The minimum Gasteiger partial charge on any atom is -0.396 e. The van der Waals surface area contributed by atoms with Crippen LogP contribution >= 0.6 is 0 Å². The number of aliphatic hydroxyl groups excluding tert-OH is 1. The predicted octanol–water partition coefficient (Wildman–Crippen LogP) is -0.0721. The summed E-state index contributed by atoms with van der Waals surface area (Å²) in [5, 5.41) is 8.66. The Balaban J connectivity index is 0.000000640. The van der Waals surface area contributed by atoms with Gasteiger partial charge in [0.15, 0.2) is 0 Å². The van der Waals surface area contributed by atoms with Crippen LogP contribution in [0.15, 0.2) is 0 Å². The van der Waals surface area contributed by atoms with E-state index in [0.717, 1.165) is 13.1 Å². The smallest absolute Gasteiger partial charge is 0.0471 e. The van der Waals surface area contributed by atoms with Gasteiger partial charge in [0.1, 0.15) is 0 Å². The Bertz CT molecular complexity index is 79.5. The molecule has 1 unspecified atom stereocenters. The Hall–Kier alpha value is 1.02. The molecule has 1 saturated heterocycles. The van der Waals surface area contributed by atoms with Crippen LogP contribution in [0.4, 0.5) is 0 Å². The van der Waals surface area contributed by atoms with Gasteiger partial charge in [0.2, 0.25) is 0 Å². The van der Waals surface area contributed by atoms with E-state index in [-0.39, 0.29) is 32.7 Å². The van der Waals surface area contributed by atoms with Gasteiger partial charge in [0.05, 0.1) is 0 Å². The summed E-state index contributed by atoms with van der Waals surface area (Å²) in [6.07, 6.45) is 1.17. The van der Waals surface area contributed by atoms with Crippen LogP contribution in [0.1, 0.15) is 6.42 Å². The summed E-state index contributed by atoms with van der Waals surface area (Å²) in [6.45, 7) is 2.60. The summed E-state index contributed by atoms with van der Waals surface area (Å²) in [5.74, 6) is 0.556. The molecule has 0 amide bonds. The summed E-state index contributed by atoms with van der Waals surface area (Å²) in [5.41, 5.74) is 0. The van der Waals surface area contributed by atoms with Crippen LogP contribution in [-0.2, 0) is 32.7 Å². The molecule has 0 aromatic heterocycles. The topological polar surface area (TPSA) is 23.5 Å². The van der Waals surface area contributed by atoms with Gasteiger partial charge in [-0.05, 0) is 25.9 Å². The third kappa shape index (κ3) is 3.08. The van der Waals surface area contributed by atoms with E-state index in [1.54, 1.807) is 0 Å². The van der Waals surface area contributed by atoms with E-state index in [1.165, 1.54) is 6.42 Å². The van der Waals surface area contributed by atoms with Crippen molar-refractivity contribution in [1.29, 1.82) is 0 Å². The zero-order valence-corrected chi connectivity index (χ0v) is 8.72. The summed E-state index contributed by atoms with van der Waals surface area (Å²) in [4.78, 5) is 2.25. The molecular weight excluding hydrogens is 191 g/mol. The molecule has 0 spiro atoms. The Morgan fingerprint density at radius 2 is 2.33 bits per heavy atom. The second kappa shape index (κ2) is 4.78. The average molecular weight is 204 g/mol. The van der Waals surface area contributed by atoms with Crippen molar-refractivity contribution in [1.82, 2.24) is 4.90 Å². The molecule has 1 aliphatic heterocycles. The minimum absolute atomic E-state index is 0. The predicted molar refractivity (Wildman–Crippen MR) is 32.7 cm³/mol. The maximum atomic E-state index is 8.66. The molecule has 0 aliphatic carbocycles. The first-order valence-electron chi connectivity index (χ1n) is 3.12. The van der Waals surface area contributed by atoms with Crippen LogP contribution in [-0.4, -0.2) is 36.8 Å². The standard InChI is InChI=1S/C6H13NO.Y/c1-7-3-2-6(4-7)5-8;/h6,8H,2-5H2,1H3;. The Labute approximate surface area is 81.5 Å². The first-order chi connectivity index (χ1) is 3.83. The van der Waals surface area contributed by atoms with E-state index in [1.807, 2.05) is 0 Å². The van der Waals surface area contributed by atoms with E-state index in [4.69, 9.17) is 5.11 Å². The first-order valence-corrected chi connectivity index (χ1v) is 3.12. The van der Waals surface area contributed by atoms with Crippen molar-refractivity contribution >= 4 is 0 Å². The molecule has 1 fully saturated rings. The zero-order chi connectivity index (χ0) is 5.98. The molecule has 0 bridgehead atoms. The second-order valence-electron chi connectivity index (χ2n) is 2.60. The summed E-state index contributed by atoms with van der Waals surface area (Å²) >= 11 is 0. The van der Waals surface area contributed by atoms with Crippen molar-refractivity contribution in [3.8, 4) is 0 Å². The van der Waals surface area contributed by atoms with Crippen LogP contribution in [0, 0.1) is 5.92 Å². The second-order valence-corrected chi connectivity index (χ2v) is 2.60. The zero-order valence-electron chi connectivity index (χ0n) is 5.88. The molecule has 3 heteroatoms. The number of likely N-dealkylation sites (tertiary alicyclic amines) is 1. The molecule has 1 atom stereocenters. The molecule has 2 nitrogen and oxygen atoms in total. The first kappa shape index (κ1) is 10.0. The Morgan fingerprint density at radius 1 is 1.67 bits per heavy atom. The molecule has 9 heavy (non-hydrogen) atoms. The number of hydrogen-bond acceptors (Lipinski definition) is 2. The molecular formula is C6H13NOY. The fraction of sp³-hybridized carbons (Fsp3) is 1.00. The molecule has 0 aromatic rings. The van der Waals surface area contributed by atoms with E-state index in [2.05, 4.69) is 11.9 Å². The van der Waals surface area contributed by atoms with Gasteiger partial charge in [0, 0.05) is 45.9 Å². The summed E-state index contributed by atoms with van der Waals surface area (Å²) in [6, 6.07) is 0. The van der Waals surface area contributed by atoms with Gasteiger partial charge >= 0.3 is 0 Å². The van der Waals surface area contributed by atoms with Crippen molar-refractivity contribution in [2.45, 2.75) is 6.42 Å². The Kier molecular flexibility index (Phi) is 5.32. The molecule has 0 aromatic carbocycles. The van der Waals surface area contributed by atoms with E-state index in [9.17, 15) is 0 Å².